The molecule has 2 aromatic rings. The zero-order chi connectivity index (χ0) is 28.4. The van der Waals surface area contributed by atoms with E-state index >= 15 is 0 Å². The Kier molecular flexibility index (Phi) is 7.84. The normalized spacial score (nSPS) is 23.6. The Bertz CT molecular complexity index is 1340. The molecular weight excluding hydrogens is 524 g/mol. The van der Waals surface area contributed by atoms with Crippen molar-refractivity contribution < 1.29 is 32.6 Å². The van der Waals surface area contributed by atoms with Gasteiger partial charge >= 0.3 is 18.1 Å². The number of cyclic esters (lactones) is 1. The molecule has 3 aliphatic heterocycles. The van der Waals surface area contributed by atoms with E-state index in [-0.39, 0.29) is 11.6 Å². The Hall–Kier alpha value is -4.24. The summed E-state index contributed by atoms with van der Waals surface area (Å²) in [6, 6.07) is 10.6. The van der Waals surface area contributed by atoms with Crippen LogP contribution in [-0.4, -0.2) is 79.4 Å². The number of urea groups is 1. The highest BCUT2D eigenvalue weighted by Gasteiger charge is 2.51. The van der Waals surface area contributed by atoms with Crippen molar-refractivity contribution in [2.45, 2.75) is 43.5 Å². The lowest BCUT2D eigenvalue weighted by Gasteiger charge is -2.38. The number of carbonyl (C=O) groups is 3. The second-order valence-electron chi connectivity index (χ2n) is 10.1. The van der Waals surface area contributed by atoms with E-state index in [4.69, 9.17) is 9.47 Å². The number of benzene rings is 2. The minimum atomic E-state index is -1.52. The number of halogens is 2. The quantitative estimate of drug-likeness (QED) is 0.561. The van der Waals surface area contributed by atoms with Crippen LogP contribution >= 0.6 is 0 Å². The second kappa shape index (κ2) is 11.5. The fraction of sp³-hybridized carbons (Fsp3) is 0.429. The van der Waals surface area contributed by atoms with E-state index in [1.54, 1.807) is 0 Å². The minimum absolute atomic E-state index is 0.0214. The Morgan fingerprint density at radius 1 is 1.07 bits per heavy atom. The molecule has 0 aromatic heterocycles. The summed E-state index contributed by atoms with van der Waals surface area (Å²) in [5.41, 5.74) is 1.61. The fourth-order valence-electron chi connectivity index (χ4n) is 5.80. The van der Waals surface area contributed by atoms with Gasteiger partial charge in [0.2, 0.25) is 6.10 Å². The standard InChI is InChI=1S/C28H29F2N5O5/c1-39-26(36)25-24(17-6-7-21(29)22(30)14-17)35(28(38)40-25)27(37)32-19-8-11-34(16-19)20-9-12-33(13-10-20)23-5-3-2-4-18(23)15-31/h2-7,14,19-20,24-25H,8-13,16H2,1H3,(H,32,37)/t19-,24+,25-/m1/s1. The van der Waals surface area contributed by atoms with Crippen molar-refractivity contribution in [3.05, 3.63) is 65.2 Å². The second-order valence-corrected chi connectivity index (χ2v) is 10.1. The van der Waals surface area contributed by atoms with Crippen LogP contribution in [-0.2, 0) is 14.3 Å². The number of piperidine rings is 1. The van der Waals surface area contributed by atoms with Crippen molar-refractivity contribution in [2.75, 3.05) is 38.2 Å². The zero-order valence-corrected chi connectivity index (χ0v) is 21.9. The number of nitrogens with zero attached hydrogens (tertiary/aromatic N) is 4. The highest BCUT2D eigenvalue weighted by Crippen LogP contribution is 2.35. The van der Waals surface area contributed by atoms with Crippen LogP contribution in [0.4, 0.5) is 24.1 Å². The fourth-order valence-corrected chi connectivity index (χ4v) is 5.80. The Morgan fingerprint density at radius 2 is 1.82 bits per heavy atom. The summed E-state index contributed by atoms with van der Waals surface area (Å²) >= 11 is 0. The number of likely N-dealkylation sites (tertiary alicyclic amines) is 1. The van der Waals surface area contributed by atoms with E-state index < -0.39 is 41.9 Å². The molecule has 10 nitrogen and oxygen atoms in total. The molecule has 0 bridgehead atoms. The zero-order valence-electron chi connectivity index (χ0n) is 21.9. The predicted octanol–water partition coefficient (Wildman–Crippen LogP) is 3.32. The van der Waals surface area contributed by atoms with Gasteiger partial charge in [0.25, 0.3) is 0 Å². The molecule has 3 amide bonds. The van der Waals surface area contributed by atoms with E-state index in [2.05, 4.69) is 21.2 Å². The highest BCUT2D eigenvalue weighted by molar-refractivity contribution is 5.96. The molecule has 0 spiro atoms. The van der Waals surface area contributed by atoms with Crippen LogP contribution in [0.5, 0.6) is 0 Å². The summed E-state index contributed by atoms with van der Waals surface area (Å²) in [6.07, 6.45) is -0.148. The van der Waals surface area contributed by atoms with Gasteiger partial charge in [0, 0.05) is 38.3 Å². The monoisotopic (exact) mass is 553 g/mol. The van der Waals surface area contributed by atoms with Gasteiger partial charge in [-0.25, -0.2) is 28.1 Å². The number of anilines is 1. The number of nitrogens with one attached hydrogen (secondary N) is 1. The first-order chi connectivity index (χ1) is 19.3. The summed E-state index contributed by atoms with van der Waals surface area (Å²) in [7, 11) is 1.10. The number of ether oxygens (including phenoxy) is 2. The number of hydrogen-bond acceptors (Lipinski definition) is 8. The maximum atomic E-state index is 14.0. The lowest BCUT2D eigenvalue weighted by molar-refractivity contribution is -0.150. The number of esters is 1. The average Bonchev–Trinajstić information content (AvgIpc) is 3.58. The maximum absolute atomic E-state index is 14.0. The largest absolute Gasteiger partial charge is 0.466 e. The van der Waals surface area contributed by atoms with Gasteiger partial charge in [-0.2, -0.15) is 5.26 Å². The molecule has 0 unspecified atom stereocenters. The molecule has 1 N–H and O–H groups in total. The van der Waals surface area contributed by atoms with Gasteiger partial charge in [-0.05, 0) is 49.1 Å². The van der Waals surface area contributed by atoms with Gasteiger partial charge in [-0.3, -0.25) is 4.90 Å². The van der Waals surface area contributed by atoms with E-state index in [0.717, 1.165) is 62.3 Å². The average molecular weight is 554 g/mol. The molecule has 0 saturated carbocycles. The van der Waals surface area contributed by atoms with E-state index in [1.807, 2.05) is 24.3 Å². The van der Waals surface area contributed by atoms with Crippen LogP contribution in [0.1, 0.15) is 36.4 Å². The van der Waals surface area contributed by atoms with E-state index in [1.165, 1.54) is 6.07 Å². The summed E-state index contributed by atoms with van der Waals surface area (Å²) < 4.78 is 37.4. The van der Waals surface area contributed by atoms with Crippen LogP contribution in [0.2, 0.25) is 0 Å². The number of methoxy groups -OCH3 is 1. The maximum Gasteiger partial charge on any atom is 0.419 e. The van der Waals surface area contributed by atoms with Crippen LogP contribution in [0.25, 0.3) is 0 Å². The molecular formula is C28H29F2N5O5. The lowest BCUT2D eigenvalue weighted by atomic mass is 10.0. The van der Waals surface area contributed by atoms with Crippen molar-refractivity contribution in [1.82, 2.24) is 15.1 Å². The summed E-state index contributed by atoms with van der Waals surface area (Å²) in [5, 5.41) is 12.3. The topological polar surface area (TPSA) is 115 Å². The molecule has 5 rings (SSSR count). The van der Waals surface area contributed by atoms with Gasteiger partial charge in [0.05, 0.1) is 18.4 Å². The summed E-state index contributed by atoms with van der Waals surface area (Å²) in [6.45, 7) is 2.94. The van der Waals surface area contributed by atoms with Gasteiger partial charge in [-0.1, -0.05) is 18.2 Å². The third-order valence-electron chi connectivity index (χ3n) is 7.82. The molecule has 3 heterocycles. The number of hydrogen-bond donors (Lipinski definition) is 1. The molecule has 210 valence electrons. The SMILES string of the molecule is COC(=O)[C@@H]1OC(=O)N(C(=O)N[C@@H]2CCN(C3CCN(c4ccccc4C#N)CC3)C2)[C@H]1c1ccc(F)c(F)c1. The van der Waals surface area contributed by atoms with Crippen molar-refractivity contribution in [2.24, 2.45) is 0 Å². The molecule has 3 atom stereocenters. The van der Waals surface area contributed by atoms with Crippen molar-refractivity contribution in [3.63, 3.8) is 0 Å². The predicted molar refractivity (Wildman–Crippen MR) is 138 cm³/mol. The van der Waals surface area contributed by atoms with Gasteiger partial charge in [-0.15, -0.1) is 0 Å². The number of imide groups is 1. The molecule has 3 saturated heterocycles. The van der Waals surface area contributed by atoms with Crippen molar-refractivity contribution >= 4 is 23.8 Å². The van der Waals surface area contributed by atoms with E-state index in [9.17, 15) is 28.4 Å². The number of nitriles is 1. The van der Waals surface area contributed by atoms with Crippen LogP contribution in [0.15, 0.2) is 42.5 Å². The Balaban J connectivity index is 1.22. The lowest BCUT2D eigenvalue weighted by Crippen LogP contribution is -2.49. The highest BCUT2D eigenvalue weighted by atomic mass is 19.2. The molecule has 12 heteroatoms. The number of amides is 3. The first kappa shape index (κ1) is 27.3. The molecule has 0 radical (unpaired) electrons. The molecule has 2 aromatic carbocycles. The van der Waals surface area contributed by atoms with Crippen molar-refractivity contribution in [1.29, 1.82) is 5.26 Å². The molecule has 40 heavy (non-hydrogen) atoms. The molecule has 0 aliphatic carbocycles. The van der Waals surface area contributed by atoms with Crippen LogP contribution < -0.4 is 10.2 Å². The first-order valence-corrected chi connectivity index (χ1v) is 13.1. The minimum Gasteiger partial charge on any atom is -0.466 e. The van der Waals surface area contributed by atoms with E-state index in [0.29, 0.717) is 24.6 Å². The Morgan fingerprint density at radius 3 is 2.52 bits per heavy atom. The van der Waals surface area contributed by atoms with Gasteiger partial charge in [0.1, 0.15) is 12.1 Å². The molecule has 3 aliphatic rings. The third kappa shape index (κ3) is 5.29. The smallest absolute Gasteiger partial charge is 0.419 e. The van der Waals surface area contributed by atoms with Gasteiger partial charge in [0.15, 0.2) is 11.6 Å². The third-order valence-corrected chi connectivity index (χ3v) is 7.82. The van der Waals surface area contributed by atoms with Gasteiger partial charge < -0.3 is 19.7 Å². The number of carbonyl (C=O) groups excluding carboxylic acids is 3. The number of rotatable bonds is 5. The Labute approximate surface area is 230 Å². The van der Waals surface area contributed by atoms with Crippen LogP contribution in [0, 0.1) is 23.0 Å². The summed E-state index contributed by atoms with van der Waals surface area (Å²) in [4.78, 5) is 43.6. The summed E-state index contributed by atoms with van der Waals surface area (Å²) in [5.74, 6) is -3.21. The van der Waals surface area contributed by atoms with Crippen molar-refractivity contribution in [3.8, 4) is 6.07 Å². The molecule has 3 fully saturated rings. The van der Waals surface area contributed by atoms with Crippen LogP contribution in [0.3, 0.4) is 0 Å². The first-order valence-electron chi connectivity index (χ1n) is 13.1. The number of para-hydroxylation sites is 1.